The van der Waals surface area contributed by atoms with Crippen molar-refractivity contribution in [2.45, 2.75) is 19.2 Å². The summed E-state index contributed by atoms with van der Waals surface area (Å²) in [4.78, 5) is 11.4. The zero-order valence-electron chi connectivity index (χ0n) is 8.56. The van der Waals surface area contributed by atoms with Gasteiger partial charge in [-0.3, -0.25) is 0 Å². The first-order chi connectivity index (χ1) is 6.60. The summed E-state index contributed by atoms with van der Waals surface area (Å²) < 4.78 is 4.72. The molecule has 0 atom stereocenters. The van der Waals surface area contributed by atoms with Crippen molar-refractivity contribution in [2.75, 3.05) is 7.11 Å². The molecule has 1 rings (SSSR count). The lowest BCUT2D eigenvalue weighted by atomic mass is 10.0. The number of aryl methyl sites for hydroxylation is 1. The van der Waals surface area contributed by atoms with Crippen molar-refractivity contribution >= 4 is 21.9 Å². The van der Waals surface area contributed by atoms with Crippen molar-refractivity contribution in [2.24, 2.45) is 0 Å². The van der Waals surface area contributed by atoms with Gasteiger partial charge in [-0.25, -0.2) is 4.79 Å². The standard InChI is InChI=1S/C11H13BrO2/c1-7-4-9(6-12)5-10(8(7)2)11(13)14-3/h4-5H,6H2,1-3H3. The van der Waals surface area contributed by atoms with Gasteiger partial charge in [0, 0.05) is 5.33 Å². The lowest BCUT2D eigenvalue weighted by Crippen LogP contribution is -2.05. The molecule has 0 heterocycles. The van der Waals surface area contributed by atoms with E-state index in [-0.39, 0.29) is 5.97 Å². The Morgan fingerprint density at radius 2 is 2.07 bits per heavy atom. The van der Waals surface area contributed by atoms with Gasteiger partial charge in [0.15, 0.2) is 0 Å². The maximum absolute atomic E-state index is 11.4. The van der Waals surface area contributed by atoms with Crippen LogP contribution in [0.15, 0.2) is 12.1 Å². The van der Waals surface area contributed by atoms with E-state index in [2.05, 4.69) is 22.0 Å². The first-order valence-corrected chi connectivity index (χ1v) is 5.46. The molecule has 3 heteroatoms. The molecule has 1 aromatic rings. The van der Waals surface area contributed by atoms with Gasteiger partial charge in [0.25, 0.3) is 0 Å². The molecule has 0 saturated heterocycles. The number of ether oxygens (including phenoxy) is 1. The molecule has 0 radical (unpaired) electrons. The second-order valence-electron chi connectivity index (χ2n) is 3.21. The summed E-state index contributed by atoms with van der Waals surface area (Å²) in [6.07, 6.45) is 0. The third-order valence-corrected chi connectivity index (χ3v) is 2.93. The van der Waals surface area contributed by atoms with Crippen LogP contribution in [0.25, 0.3) is 0 Å². The fourth-order valence-electron chi connectivity index (χ4n) is 1.33. The zero-order chi connectivity index (χ0) is 10.7. The Labute approximate surface area is 92.4 Å². The number of carbonyl (C=O) groups excluding carboxylic acids is 1. The molecule has 0 amide bonds. The minimum atomic E-state index is -0.270. The van der Waals surface area contributed by atoms with E-state index in [4.69, 9.17) is 4.74 Å². The fraction of sp³-hybridized carbons (Fsp3) is 0.364. The van der Waals surface area contributed by atoms with Crippen molar-refractivity contribution in [3.8, 4) is 0 Å². The minimum absolute atomic E-state index is 0.270. The second kappa shape index (κ2) is 4.60. The lowest BCUT2D eigenvalue weighted by molar-refractivity contribution is 0.0599. The fourth-order valence-corrected chi connectivity index (χ4v) is 1.66. The second-order valence-corrected chi connectivity index (χ2v) is 3.77. The van der Waals surface area contributed by atoms with Crippen LogP contribution in [0.3, 0.4) is 0 Å². The monoisotopic (exact) mass is 256 g/mol. The predicted octanol–water partition coefficient (Wildman–Crippen LogP) is 2.98. The third-order valence-electron chi connectivity index (χ3n) is 2.29. The molecule has 0 unspecified atom stereocenters. The minimum Gasteiger partial charge on any atom is -0.465 e. The number of hydrogen-bond donors (Lipinski definition) is 0. The Hall–Kier alpha value is -0.830. The molecule has 0 fully saturated rings. The molecule has 76 valence electrons. The van der Waals surface area contributed by atoms with Gasteiger partial charge < -0.3 is 4.74 Å². The average molecular weight is 257 g/mol. The van der Waals surface area contributed by atoms with E-state index in [1.807, 2.05) is 19.9 Å². The molecule has 14 heavy (non-hydrogen) atoms. The molecule has 2 nitrogen and oxygen atoms in total. The third kappa shape index (κ3) is 2.15. The maximum atomic E-state index is 11.4. The largest absolute Gasteiger partial charge is 0.465 e. The van der Waals surface area contributed by atoms with Crippen molar-refractivity contribution in [3.05, 3.63) is 34.4 Å². The van der Waals surface area contributed by atoms with Crippen LogP contribution >= 0.6 is 15.9 Å². The van der Waals surface area contributed by atoms with E-state index in [9.17, 15) is 4.79 Å². The summed E-state index contributed by atoms with van der Waals surface area (Å²) in [6.45, 7) is 3.92. The van der Waals surface area contributed by atoms with Crippen LogP contribution in [-0.4, -0.2) is 13.1 Å². The molecule has 0 aliphatic rings. The first-order valence-electron chi connectivity index (χ1n) is 4.34. The Morgan fingerprint density at radius 3 is 2.57 bits per heavy atom. The molecule has 0 aliphatic heterocycles. The number of carbonyl (C=O) groups is 1. The topological polar surface area (TPSA) is 26.3 Å². The Morgan fingerprint density at radius 1 is 1.43 bits per heavy atom. The number of hydrogen-bond acceptors (Lipinski definition) is 2. The van der Waals surface area contributed by atoms with Crippen LogP contribution in [0.5, 0.6) is 0 Å². The van der Waals surface area contributed by atoms with Crippen molar-refractivity contribution < 1.29 is 9.53 Å². The molecule has 0 N–H and O–H groups in total. The van der Waals surface area contributed by atoms with Gasteiger partial charge >= 0.3 is 5.97 Å². The highest BCUT2D eigenvalue weighted by atomic mass is 79.9. The molecule has 0 aromatic heterocycles. The van der Waals surface area contributed by atoms with E-state index in [1.165, 1.54) is 7.11 Å². The summed E-state index contributed by atoms with van der Waals surface area (Å²) >= 11 is 3.37. The SMILES string of the molecule is COC(=O)c1cc(CBr)cc(C)c1C. The lowest BCUT2D eigenvalue weighted by Gasteiger charge is -2.08. The van der Waals surface area contributed by atoms with Gasteiger partial charge in [-0.2, -0.15) is 0 Å². The van der Waals surface area contributed by atoms with Gasteiger partial charge in [0.05, 0.1) is 12.7 Å². The van der Waals surface area contributed by atoms with E-state index < -0.39 is 0 Å². The number of methoxy groups -OCH3 is 1. The number of alkyl halides is 1. The van der Waals surface area contributed by atoms with Gasteiger partial charge in [0.2, 0.25) is 0 Å². The van der Waals surface area contributed by atoms with E-state index in [0.29, 0.717) is 5.56 Å². The van der Waals surface area contributed by atoms with Crippen molar-refractivity contribution in [1.82, 2.24) is 0 Å². The van der Waals surface area contributed by atoms with E-state index in [1.54, 1.807) is 0 Å². The van der Waals surface area contributed by atoms with Crippen LogP contribution in [0.4, 0.5) is 0 Å². The summed E-state index contributed by atoms with van der Waals surface area (Å²) in [5, 5.41) is 0.748. The highest BCUT2D eigenvalue weighted by Gasteiger charge is 2.11. The van der Waals surface area contributed by atoms with E-state index >= 15 is 0 Å². The number of esters is 1. The molecular weight excluding hydrogens is 244 g/mol. The molecule has 1 aromatic carbocycles. The summed E-state index contributed by atoms with van der Waals surface area (Å²) in [6, 6.07) is 3.93. The maximum Gasteiger partial charge on any atom is 0.338 e. The van der Waals surface area contributed by atoms with Gasteiger partial charge in [-0.15, -0.1) is 0 Å². The van der Waals surface area contributed by atoms with Crippen LogP contribution < -0.4 is 0 Å². The highest BCUT2D eigenvalue weighted by Crippen LogP contribution is 2.18. The highest BCUT2D eigenvalue weighted by molar-refractivity contribution is 9.08. The summed E-state index contributed by atoms with van der Waals surface area (Å²) in [7, 11) is 1.40. The van der Waals surface area contributed by atoms with Gasteiger partial charge in [0.1, 0.15) is 0 Å². The molecule has 0 aliphatic carbocycles. The van der Waals surface area contributed by atoms with Gasteiger partial charge in [-0.05, 0) is 36.6 Å². The number of rotatable bonds is 2. The first kappa shape index (κ1) is 11.2. The van der Waals surface area contributed by atoms with E-state index in [0.717, 1.165) is 22.0 Å². The molecule has 0 saturated carbocycles. The average Bonchev–Trinajstić information content (AvgIpc) is 2.20. The molecule has 0 bridgehead atoms. The van der Waals surface area contributed by atoms with Crippen LogP contribution in [0.1, 0.15) is 27.0 Å². The van der Waals surface area contributed by atoms with Crippen molar-refractivity contribution in [1.29, 1.82) is 0 Å². The van der Waals surface area contributed by atoms with Crippen LogP contribution in [-0.2, 0) is 10.1 Å². The quantitative estimate of drug-likeness (QED) is 0.601. The Kier molecular flexibility index (Phi) is 3.69. The normalized spacial score (nSPS) is 10.0. The molecule has 0 spiro atoms. The smallest absolute Gasteiger partial charge is 0.338 e. The Balaban J connectivity index is 3.27. The van der Waals surface area contributed by atoms with Crippen LogP contribution in [0.2, 0.25) is 0 Å². The summed E-state index contributed by atoms with van der Waals surface area (Å²) in [5.74, 6) is -0.270. The van der Waals surface area contributed by atoms with Crippen molar-refractivity contribution in [3.63, 3.8) is 0 Å². The van der Waals surface area contributed by atoms with Gasteiger partial charge in [-0.1, -0.05) is 22.0 Å². The predicted molar refractivity (Wildman–Crippen MR) is 59.9 cm³/mol. The van der Waals surface area contributed by atoms with Crippen LogP contribution in [0, 0.1) is 13.8 Å². The summed E-state index contributed by atoms with van der Waals surface area (Å²) in [5.41, 5.74) is 3.85. The molecular formula is C11H13BrO2. The Bertz CT molecular complexity index is 359. The number of benzene rings is 1. The number of halogens is 1. The zero-order valence-corrected chi connectivity index (χ0v) is 10.1.